The van der Waals surface area contributed by atoms with Gasteiger partial charge < -0.3 is 5.73 Å². The molecule has 0 aromatic heterocycles. The van der Waals surface area contributed by atoms with E-state index in [-0.39, 0.29) is 11.5 Å². The lowest BCUT2D eigenvalue weighted by Crippen LogP contribution is -2.31. The summed E-state index contributed by atoms with van der Waals surface area (Å²) in [6.07, 6.45) is 7.76. The summed E-state index contributed by atoms with van der Waals surface area (Å²) in [6.45, 7) is 0.654. The Morgan fingerprint density at radius 1 is 1.22 bits per heavy atom. The van der Waals surface area contributed by atoms with Gasteiger partial charge >= 0.3 is 0 Å². The first-order valence-electron chi connectivity index (χ1n) is 6.91. The van der Waals surface area contributed by atoms with Crippen molar-refractivity contribution in [3.63, 3.8) is 0 Å². The van der Waals surface area contributed by atoms with Crippen LogP contribution in [0.4, 0.5) is 10.1 Å². The Morgan fingerprint density at radius 2 is 1.89 bits per heavy atom. The molecule has 0 amide bonds. The van der Waals surface area contributed by atoms with Gasteiger partial charge in [-0.3, -0.25) is 4.90 Å². The normalized spacial score (nSPS) is 17.9. The van der Waals surface area contributed by atoms with E-state index >= 15 is 0 Å². The molecule has 1 aromatic rings. The van der Waals surface area contributed by atoms with Gasteiger partial charge in [0.05, 0.1) is 5.69 Å². The van der Waals surface area contributed by atoms with Gasteiger partial charge in [-0.1, -0.05) is 37.8 Å². The summed E-state index contributed by atoms with van der Waals surface area (Å²) in [4.78, 5) is 2.28. The van der Waals surface area contributed by atoms with Gasteiger partial charge in [-0.25, -0.2) is 4.39 Å². The zero-order valence-electron chi connectivity index (χ0n) is 11.2. The number of rotatable bonds is 3. The Labute approximate surface area is 109 Å². The van der Waals surface area contributed by atoms with E-state index < -0.39 is 0 Å². The SMILES string of the molecule is CN(Cc1cccc(N)c1F)C1CCCCCC1. The average molecular weight is 250 g/mol. The van der Waals surface area contributed by atoms with Crippen LogP contribution in [0.3, 0.4) is 0 Å². The quantitative estimate of drug-likeness (QED) is 0.656. The highest BCUT2D eigenvalue weighted by atomic mass is 19.1. The van der Waals surface area contributed by atoms with Gasteiger partial charge in [-0.2, -0.15) is 0 Å². The molecule has 0 saturated heterocycles. The number of anilines is 1. The molecule has 0 atom stereocenters. The van der Waals surface area contributed by atoms with Crippen molar-refractivity contribution in [1.29, 1.82) is 0 Å². The number of nitrogen functional groups attached to an aromatic ring is 1. The highest BCUT2D eigenvalue weighted by Gasteiger charge is 2.18. The summed E-state index contributed by atoms with van der Waals surface area (Å²) in [7, 11) is 2.10. The molecule has 0 bridgehead atoms. The molecular formula is C15H23FN2. The van der Waals surface area contributed by atoms with Crippen molar-refractivity contribution in [2.75, 3.05) is 12.8 Å². The standard InChI is InChI=1S/C15H23FN2/c1-18(13-8-4-2-3-5-9-13)11-12-7-6-10-14(17)15(12)16/h6-7,10,13H,2-5,8-9,11,17H2,1H3. The maximum atomic E-state index is 13.9. The second-order valence-electron chi connectivity index (χ2n) is 5.38. The maximum Gasteiger partial charge on any atom is 0.150 e. The van der Waals surface area contributed by atoms with Crippen LogP contribution in [-0.4, -0.2) is 18.0 Å². The Kier molecular flexibility index (Phi) is 4.59. The van der Waals surface area contributed by atoms with E-state index in [0.717, 1.165) is 0 Å². The topological polar surface area (TPSA) is 29.3 Å². The lowest BCUT2D eigenvalue weighted by atomic mass is 10.1. The van der Waals surface area contributed by atoms with Gasteiger partial charge in [0, 0.05) is 18.2 Å². The summed E-state index contributed by atoms with van der Waals surface area (Å²) in [5, 5.41) is 0. The Bertz CT molecular complexity index is 384. The van der Waals surface area contributed by atoms with E-state index in [1.807, 2.05) is 12.1 Å². The van der Waals surface area contributed by atoms with Crippen LogP contribution in [-0.2, 0) is 6.54 Å². The molecule has 0 aliphatic heterocycles. The summed E-state index contributed by atoms with van der Waals surface area (Å²) < 4.78 is 13.9. The number of nitrogens with two attached hydrogens (primary N) is 1. The molecule has 2 N–H and O–H groups in total. The summed E-state index contributed by atoms with van der Waals surface area (Å²) in [6, 6.07) is 5.87. The minimum absolute atomic E-state index is 0.252. The fourth-order valence-corrected chi connectivity index (χ4v) is 2.82. The van der Waals surface area contributed by atoms with E-state index in [0.29, 0.717) is 18.2 Å². The molecule has 2 nitrogen and oxygen atoms in total. The minimum atomic E-state index is -0.252. The average Bonchev–Trinajstić information content (AvgIpc) is 2.63. The van der Waals surface area contributed by atoms with Crippen LogP contribution in [0.2, 0.25) is 0 Å². The molecule has 1 fully saturated rings. The highest BCUT2D eigenvalue weighted by molar-refractivity contribution is 5.42. The van der Waals surface area contributed by atoms with Crippen molar-refractivity contribution in [2.24, 2.45) is 0 Å². The molecule has 0 radical (unpaired) electrons. The fourth-order valence-electron chi connectivity index (χ4n) is 2.82. The third-order valence-corrected chi connectivity index (χ3v) is 3.98. The van der Waals surface area contributed by atoms with Gasteiger partial charge in [0.2, 0.25) is 0 Å². The van der Waals surface area contributed by atoms with E-state index in [1.165, 1.54) is 38.5 Å². The monoisotopic (exact) mass is 250 g/mol. The number of hydrogen-bond donors (Lipinski definition) is 1. The highest BCUT2D eigenvalue weighted by Crippen LogP contribution is 2.23. The predicted molar refractivity (Wildman–Crippen MR) is 73.8 cm³/mol. The lowest BCUT2D eigenvalue weighted by molar-refractivity contribution is 0.210. The third-order valence-electron chi connectivity index (χ3n) is 3.98. The van der Waals surface area contributed by atoms with Crippen molar-refractivity contribution in [2.45, 2.75) is 51.1 Å². The minimum Gasteiger partial charge on any atom is -0.396 e. The van der Waals surface area contributed by atoms with Gasteiger partial charge in [0.1, 0.15) is 0 Å². The molecule has 0 spiro atoms. The zero-order valence-corrected chi connectivity index (χ0v) is 11.2. The molecule has 3 heteroatoms. The lowest BCUT2D eigenvalue weighted by Gasteiger charge is -2.27. The van der Waals surface area contributed by atoms with E-state index in [9.17, 15) is 4.39 Å². The first-order valence-corrected chi connectivity index (χ1v) is 6.91. The Balaban J connectivity index is 2.01. The van der Waals surface area contributed by atoms with Gasteiger partial charge in [0.15, 0.2) is 5.82 Å². The van der Waals surface area contributed by atoms with Crippen molar-refractivity contribution in [1.82, 2.24) is 4.90 Å². The number of benzene rings is 1. The fraction of sp³-hybridized carbons (Fsp3) is 0.600. The van der Waals surface area contributed by atoms with Crippen molar-refractivity contribution >= 4 is 5.69 Å². The van der Waals surface area contributed by atoms with E-state index in [1.54, 1.807) is 6.07 Å². The second kappa shape index (κ2) is 6.19. The molecule has 100 valence electrons. The molecule has 2 rings (SSSR count). The molecule has 0 heterocycles. The largest absolute Gasteiger partial charge is 0.396 e. The van der Waals surface area contributed by atoms with E-state index in [2.05, 4.69) is 11.9 Å². The van der Waals surface area contributed by atoms with Crippen LogP contribution in [0.1, 0.15) is 44.1 Å². The molecule has 1 saturated carbocycles. The van der Waals surface area contributed by atoms with Crippen molar-refractivity contribution < 1.29 is 4.39 Å². The van der Waals surface area contributed by atoms with Crippen LogP contribution >= 0.6 is 0 Å². The van der Waals surface area contributed by atoms with Crippen LogP contribution in [0, 0.1) is 5.82 Å². The van der Waals surface area contributed by atoms with Crippen LogP contribution in [0.15, 0.2) is 18.2 Å². The Hall–Kier alpha value is -1.09. The van der Waals surface area contributed by atoms with Crippen molar-refractivity contribution in [3.8, 4) is 0 Å². The smallest absolute Gasteiger partial charge is 0.150 e. The van der Waals surface area contributed by atoms with Crippen LogP contribution in [0.25, 0.3) is 0 Å². The van der Waals surface area contributed by atoms with Crippen molar-refractivity contribution in [3.05, 3.63) is 29.6 Å². The number of halogens is 1. The molecule has 18 heavy (non-hydrogen) atoms. The predicted octanol–water partition coefficient (Wildman–Crippen LogP) is 3.56. The van der Waals surface area contributed by atoms with Gasteiger partial charge in [0.25, 0.3) is 0 Å². The summed E-state index contributed by atoms with van der Waals surface area (Å²) in [5.41, 5.74) is 6.57. The summed E-state index contributed by atoms with van der Waals surface area (Å²) >= 11 is 0. The second-order valence-corrected chi connectivity index (χ2v) is 5.38. The Morgan fingerprint density at radius 3 is 2.56 bits per heavy atom. The van der Waals surface area contributed by atoms with Gasteiger partial charge in [-0.05, 0) is 26.0 Å². The molecule has 0 unspecified atom stereocenters. The first kappa shape index (κ1) is 13.3. The molecule has 1 aliphatic rings. The van der Waals surface area contributed by atoms with E-state index in [4.69, 9.17) is 5.73 Å². The molecule has 1 aliphatic carbocycles. The zero-order chi connectivity index (χ0) is 13.0. The number of nitrogens with zero attached hydrogens (tertiary/aromatic N) is 1. The maximum absolute atomic E-state index is 13.9. The number of hydrogen-bond acceptors (Lipinski definition) is 2. The molecular weight excluding hydrogens is 227 g/mol. The first-order chi connectivity index (χ1) is 8.68. The van der Waals surface area contributed by atoms with Crippen LogP contribution < -0.4 is 5.73 Å². The summed E-state index contributed by atoms with van der Waals surface area (Å²) in [5.74, 6) is -0.252. The van der Waals surface area contributed by atoms with Gasteiger partial charge in [-0.15, -0.1) is 0 Å². The third kappa shape index (κ3) is 3.22. The molecule has 1 aromatic carbocycles. The van der Waals surface area contributed by atoms with Crippen LogP contribution in [0.5, 0.6) is 0 Å².